The molecule has 0 spiro atoms. The minimum absolute atomic E-state index is 0.0141. The Morgan fingerprint density at radius 3 is 2.79 bits per heavy atom. The number of nitrogens with one attached hydrogen (secondary N) is 1. The first-order valence-corrected chi connectivity index (χ1v) is 7.60. The summed E-state index contributed by atoms with van der Waals surface area (Å²) in [4.78, 5) is 0. The van der Waals surface area contributed by atoms with Gasteiger partial charge in [-0.05, 0) is 42.7 Å². The minimum atomic E-state index is -0.304. The van der Waals surface area contributed by atoms with Gasteiger partial charge in [0.15, 0.2) is 0 Å². The van der Waals surface area contributed by atoms with Crippen molar-refractivity contribution >= 4 is 21.4 Å². The van der Waals surface area contributed by atoms with Crippen LogP contribution in [0.4, 0.5) is 0 Å². The van der Waals surface area contributed by atoms with Crippen LogP contribution in [0.2, 0.25) is 0 Å². The summed E-state index contributed by atoms with van der Waals surface area (Å²) < 4.78 is 7.26. The van der Waals surface area contributed by atoms with E-state index in [1.54, 1.807) is 11.3 Å². The molecule has 0 saturated heterocycles. The number of benzene rings is 1. The molecule has 1 aromatic carbocycles. The molecule has 2 rings (SSSR count). The van der Waals surface area contributed by atoms with Crippen molar-refractivity contribution in [2.75, 3.05) is 6.61 Å². The summed E-state index contributed by atoms with van der Waals surface area (Å²) in [6, 6.07) is 8.47. The molecular weight excluding hydrogens is 256 g/mol. The van der Waals surface area contributed by atoms with E-state index in [9.17, 15) is 0 Å². The average Bonchev–Trinajstić information content (AvgIpc) is 2.89. The zero-order chi connectivity index (χ0) is 13.9. The second kappa shape index (κ2) is 6.01. The Morgan fingerprint density at radius 1 is 1.37 bits per heavy atom. The Morgan fingerprint density at radius 2 is 2.16 bits per heavy atom. The second-order valence-corrected chi connectivity index (χ2v) is 5.80. The molecule has 0 aliphatic rings. The van der Waals surface area contributed by atoms with E-state index in [1.165, 1.54) is 15.6 Å². The molecule has 3 nitrogen and oxygen atoms in total. The maximum atomic E-state index is 5.97. The molecule has 19 heavy (non-hydrogen) atoms. The fourth-order valence-electron chi connectivity index (χ4n) is 2.56. The molecule has 0 aliphatic heterocycles. The van der Waals surface area contributed by atoms with Crippen LogP contribution < -0.4 is 11.3 Å². The van der Waals surface area contributed by atoms with E-state index in [0.29, 0.717) is 6.61 Å². The number of rotatable bonds is 6. The monoisotopic (exact) mass is 278 g/mol. The van der Waals surface area contributed by atoms with Gasteiger partial charge < -0.3 is 4.74 Å². The number of hydrazine groups is 1. The van der Waals surface area contributed by atoms with E-state index in [0.717, 1.165) is 6.42 Å². The predicted molar refractivity (Wildman–Crippen MR) is 82.2 cm³/mol. The summed E-state index contributed by atoms with van der Waals surface area (Å²) >= 11 is 1.75. The van der Waals surface area contributed by atoms with Gasteiger partial charge >= 0.3 is 0 Å². The Balaban J connectivity index is 2.49. The lowest BCUT2D eigenvalue weighted by Gasteiger charge is -2.36. The highest BCUT2D eigenvalue weighted by Crippen LogP contribution is 2.37. The summed E-state index contributed by atoms with van der Waals surface area (Å²) in [7, 11) is 0. The SMILES string of the molecule is CCOC(C)(CC)C(NN)c1cccc2ccsc12. The first-order valence-electron chi connectivity index (χ1n) is 6.72. The van der Waals surface area contributed by atoms with Gasteiger partial charge in [-0.1, -0.05) is 25.1 Å². The molecule has 0 fully saturated rings. The third-order valence-corrected chi connectivity index (χ3v) is 4.75. The number of ether oxygens (including phenoxy) is 1. The van der Waals surface area contributed by atoms with Crippen LogP contribution in [0.5, 0.6) is 0 Å². The standard InChI is InChI=1S/C15H22N2OS/c1-4-15(3,18-5-2)14(17-16)12-8-6-7-11-9-10-19-13(11)12/h6-10,14,17H,4-5,16H2,1-3H3. The van der Waals surface area contributed by atoms with Crippen LogP contribution in [0.3, 0.4) is 0 Å². The normalized spacial score (nSPS) is 16.4. The topological polar surface area (TPSA) is 47.3 Å². The van der Waals surface area contributed by atoms with Gasteiger partial charge in [0.2, 0.25) is 0 Å². The van der Waals surface area contributed by atoms with Gasteiger partial charge in [0, 0.05) is 11.3 Å². The number of hydrogen-bond donors (Lipinski definition) is 2. The fraction of sp³-hybridized carbons (Fsp3) is 0.467. The highest BCUT2D eigenvalue weighted by molar-refractivity contribution is 7.17. The molecule has 0 saturated carbocycles. The molecule has 0 amide bonds. The van der Waals surface area contributed by atoms with Gasteiger partial charge in [0.1, 0.15) is 0 Å². The van der Waals surface area contributed by atoms with Gasteiger partial charge in [-0.25, -0.2) is 0 Å². The largest absolute Gasteiger partial charge is 0.374 e. The van der Waals surface area contributed by atoms with Crippen LogP contribution in [-0.4, -0.2) is 12.2 Å². The number of nitrogens with two attached hydrogens (primary N) is 1. The van der Waals surface area contributed by atoms with Gasteiger partial charge in [-0.2, -0.15) is 0 Å². The second-order valence-electron chi connectivity index (χ2n) is 4.89. The minimum Gasteiger partial charge on any atom is -0.374 e. The average molecular weight is 278 g/mol. The van der Waals surface area contributed by atoms with Crippen LogP contribution in [0.1, 0.15) is 38.8 Å². The summed E-state index contributed by atoms with van der Waals surface area (Å²) in [5.41, 5.74) is 3.87. The molecule has 104 valence electrons. The molecular formula is C15H22N2OS. The van der Waals surface area contributed by atoms with Crippen molar-refractivity contribution < 1.29 is 4.74 Å². The van der Waals surface area contributed by atoms with Gasteiger partial charge in [-0.3, -0.25) is 11.3 Å². The van der Waals surface area contributed by atoms with E-state index in [1.807, 2.05) is 6.92 Å². The number of thiophene rings is 1. The zero-order valence-electron chi connectivity index (χ0n) is 11.8. The van der Waals surface area contributed by atoms with Crippen molar-refractivity contribution in [1.29, 1.82) is 0 Å². The quantitative estimate of drug-likeness (QED) is 0.627. The highest BCUT2D eigenvalue weighted by Gasteiger charge is 2.34. The van der Waals surface area contributed by atoms with Gasteiger partial charge in [0.25, 0.3) is 0 Å². The first-order chi connectivity index (χ1) is 9.16. The maximum Gasteiger partial charge on any atom is 0.0859 e. The molecule has 4 heteroatoms. The maximum absolute atomic E-state index is 5.97. The lowest BCUT2D eigenvalue weighted by molar-refractivity contribution is -0.0560. The fourth-order valence-corrected chi connectivity index (χ4v) is 3.50. The van der Waals surface area contributed by atoms with Crippen molar-refractivity contribution in [2.24, 2.45) is 5.84 Å². The summed E-state index contributed by atoms with van der Waals surface area (Å²) in [6.07, 6.45) is 0.900. The third kappa shape index (κ3) is 2.67. The molecule has 0 radical (unpaired) electrons. The number of fused-ring (bicyclic) bond motifs is 1. The van der Waals surface area contributed by atoms with Gasteiger partial charge in [-0.15, -0.1) is 11.3 Å². The molecule has 3 N–H and O–H groups in total. The van der Waals surface area contributed by atoms with E-state index in [2.05, 4.69) is 48.9 Å². The van der Waals surface area contributed by atoms with E-state index >= 15 is 0 Å². The molecule has 0 bridgehead atoms. The zero-order valence-corrected chi connectivity index (χ0v) is 12.6. The predicted octanol–water partition coefficient (Wildman–Crippen LogP) is 3.61. The van der Waals surface area contributed by atoms with Crippen molar-refractivity contribution in [3.63, 3.8) is 0 Å². The van der Waals surface area contributed by atoms with Crippen molar-refractivity contribution in [2.45, 2.75) is 38.8 Å². The molecule has 2 atom stereocenters. The van der Waals surface area contributed by atoms with Crippen LogP contribution >= 0.6 is 11.3 Å². The van der Waals surface area contributed by atoms with E-state index < -0.39 is 0 Å². The van der Waals surface area contributed by atoms with E-state index in [-0.39, 0.29) is 11.6 Å². The van der Waals surface area contributed by atoms with Crippen LogP contribution in [0, 0.1) is 0 Å². The number of hydrogen-bond acceptors (Lipinski definition) is 4. The van der Waals surface area contributed by atoms with Crippen molar-refractivity contribution in [3.05, 3.63) is 35.2 Å². The lowest BCUT2D eigenvalue weighted by Crippen LogP contribution is -2.46. The smallest absolute Gasteiger partial charge is 0.0859 e. The highest BCUT2D eigenvalue weighted by atomic mass is 32.1. The Labute approximate surface area is 118 Å². The summed E-state index contributed by atoms with van der Waals surface area (Å²) in [6.45, 7) is 6.96. The summed E-state index contributed by atoms with van der Waals surface area (Å²) in [5, 5.41) is 3.38. The molecule has 2 unspecified atom stereocenters. The lowest BCUT2D eigenvalue weighted by atomic mass is 9.87. The molecule has 0 aliphatic carbocycles. The Hall–Kier alpha value is -0.940. The third-order valence-electron chi connectivity index (χ3n) is 3.77. The van der Waals surface area contributed by atoms with Crippen LogP contribution in [0.25, 0.3) is 10.1 Å². The molecule has 1 aromatic heterocycles. The van der Waals surface area contributed by atoms with Crippen molar-refractivity contribution in [3.8, 4) is 0 Å². The molecule has 2 aromatic rings. The van der Waals surface area contributed by atoms with Crippen LogP contribution in [0.15, 0.2) is 29.6 Å². The van der Waals surface area contributed by atoms with E-state index in [4.69, 9.17) is 10.6 Å². The molecule has 1 heterocycles. The van der Waals surface area contributed by atoms with Crippen LogP contribution in [-0.2, 0) is 4.74 Å². The first kappa shape index (κ1) is 14.5. The Kier molecular flexibility index (Phi) is 4.58. The van der Waals surface area contributed by atoms with Gasteiger partial charge in [0.05, 0.1) is 11.6 Å². The Bertz CT molecular complexity index is 540. The van der Waals surface area contributed by atoms with Crippen molar-refractivity contribution in [1.82, 2.24) is 5.43 Å². The summed E-state index contributed by atoms with van der Waals surface area (Å²) in [5.74, 6) is 5.83.